The molecule has 224 valence electrons. The topological polar surface area (TPSA) is 123 Å². The number of Topliss-reactive ketones (excluding diaryl/α,β-unsaturated/α-hetero) is 1. The monoisotopic (exact) mass is 567 g/mol. The molecule has 2 heterocycles. The largest absolute Gasteiger partial charge is 0.444 e. The lowest BCUT2D eigenvalue weighted by molar-refractivity contribution is -0.139. The molecule has 0 spiro atoms. The van der Waals surface area contributed by atoms with Gasteiger partial charge in [0.1, 0.15) is 17.8 Å². The molecule has 0 aliphatic carbocycles. The van der Waals surface area contributed by atoms with Crippen LogP contribution >= 0.6 is 0 Å². The van der Waals surface area contributed by atoms with Gasteiger partial charge >= 0.3 is 6.09 Å². The number of ketones is 1. The van der Waals surface area contributed by atoms with E-state index in [0.717, 1.165) is 17.7 Å². The molecule has 10 nitrogen and oxygen atoms in total. The van der Waals surface area contributed by atoms with E-state index in [9.17, 15) is 19.2 Å². The molecule has 0 unspecified atom stereocenters. The number of ether oxygens (including phenoxy) is 1. The zero-order chi connectivity index (χ0) is 30.5. The van der Waals surface area contributed by atoms with E-state index in [-0.39, 0.29) is 23.9 Å². The molecule has 3 amide bonds. The van der Waals surface area contributed by atoms with Gasteiger partial charge in [-0.2, -0.15) is 5.10 Å². The van der Waals surface area contributed by atoms with E-state index in [1.807, 2.05) is 77.9 Å². The van der Waals surface area contributed by atoms with Gasteiger partial charge in [0.05, 0.1) is 18.3 Å². The molecule has 1 aliphatic rings. The van der Waals surface area contributed by atoms with Crippen LogP contribution in [-0.4, -0.2) is 63.6 Å². The minimum Gasteiger partial charge on any atom is -0.444 e. The Morgan fingerprint density at radius 2 is 1.78 bits per heavy atom. The summed E-state index contributed by atoms with van der Waals surface area (Å²) in [6.07, 6.45) is 0.367. The predicted octanol–water partition coefficient (Wildman–Crippen LogP) is 4.30. The van der Waals surface area contributed by atoms with E-state index in [0.29, 0.717) is 25.1 Å². The molecule has 1 fully saturated rings. The van der Waals surface area contributed by atoms with Crippen molar-refractivity contribution >= 4 is 23.7 Å². The summed E-state index contributed by atoms with van der Waals surface area (Å²) in [6.45, 7) is 14.3. The van der Waals surface area contributed by atoms with Crippen molar-refractivity contribution in [2.24, 2.45) is 12.5 Å². The van der Waals surface area contributed by atoms with Crippen LogP contribution < -0.4 is 10.6 Å². The normalized spacial score (nSPS) is 18.0. The van der Waals surface area contributed by atoms with Gasteiger partial charge in [-0.05, 0) is 25.0 Å². The molecule has 0 radical (unpaired) electrons. The predicted molar refractivity (Wildman–Crippen MR) is 156 cm³/mol. The van der Waals surface area contributed by atoms with E-state index >= 15 is 0 Å². The number of alkyl carbamates (subject to hydrolysis) is 1. The van der Waals surface area contributed by atoms with E-state index in [2.05, 4.69) is 15.7 Å². The molecule has 1 aliphatic heterocycles. The van der Waals surface area contributed by atoms with Gasteiger partial charge in [0.2, 0.25) is 5.78 Å². The van der Waals surface area contributed by atoms with Crippen molar-refractivity contribution < 1.29 is 23.9 Å². The van der Waals surface area contributed by atoms with Crippen molar-refractivity contribution in [3.63, 3.8) is 0 Å². The van der Waals surface area contributed by atoms with Crippen LogP contribution in [0.25, 0.3) is 0 Å². The Bertz CT molecular complexity index is 1250. The van der Waals surface area contributed by atoms with Crippen molar-refractivity contribution in [3.05, 3.63) is 53.3 Å². The third-order valence-electron chi connectivity index (χ3n) is 7.59. The summed E-state index contributed by atoms with van der Waals surface area (Å²) in [7, 11) is 1.75. The second kappa shape index (κ2) is 12.9. The Hall–Kier alpha value is -3.69. The first-order chi connectivity index (χ1) is 19.1. The van der Waals surface area contributed by atoms with Crippen LogP contribution in [0.3, 0.4) is 0 Å². The number of rotatable bonds is 10. The van der Waals surface area contributed by atoms with Crippen LogP contribution in [0.5, 0.6) is 0 Å². The lowest BCUT2D eigenvalue weighted by atomic mass is 9.90. The standard InChI is InChI=1S/C31H45N5O5/c1-9-10-16-22(26(37)27(38)32-20(2)21-14-12-11-13-15-21)33-29(40)41-25-18-36(19-31(25,6)7)28(39)23-17-24(30(3,4)5)34-35(23)8/h11-15,17,20,22,25H,9-10,16,18-19H2,1-8H3,(H,32,38)(H,33,40)/t20-,22+,25-/m1/s1. The van der Waals surface area contributed by atoms with Crippen LogP contribution in [-0.2, 0) is 26.8 Å². The van der Waals surface area contributed by atoms with Crippen molar-refractivity contribution in [1.82, 2.24) is 25.3 Å². The van der Waals surface area contributed by atoms with Crippen molar-refractivity contribution in [2.45, 2.75) is 91.3 Å². The Morgan fingerprint density at radius 1 is 1.12 bits per heavy atom. The summed E-state index contributed by atoms with van der Waals surface area (Å²) in [5.74, 6) is -1.66. The third-order valence-corrected chi connectivity index (χ3v) is 7.59. The van der Waals surface area contributed by atoms with Crippen molar-refractivity contribution in [2.75, 3.05) is 13.1 Å². The molecule has 2 aromatic rings. The van der Waals surface area contributed by atoms with Gasteiger partial charge in [-0.1, -0.05) is 84.7 Å². The Balaban J connectivity index is 1.65. The first-order valence-corrected chi connectivity index (χ1v) is 14.3. The van der Waals surface area contributed by atoms with Gasteiger partial charge in [-0.3, -0.25) is 19.1 Å². The lowest BCUT2D eigenvalue weighted by Gasteiger charge is -2.26. The number of carbonyl (C=O) groups excluding carboxylic acids is 4. The van der Waals surface area contributed by atoms with Crippen molar-refractivity contribution in [3.8, 4) is 0 Å². The van der Waals surface area contributed by atoms with Gasteiger partial charge in [-0.25, -0.2) is 4.79 Å². The molecule has 3 rings (SSSR count). The first kappa shape index (κ1) is 31.8. The number of unbranched alkanes of at least 4 members (excludes halogenated alkanes) is 1. The SMILES string of the molecule is CCCC[C@H](NC(=O)O[C@@H]1CN(C(=O)c2cc(C(C)(C)C)nn2C)CC1(C)C)C(=O)C(=O)N[C@H](C)c1ccccc1. The van der Waals surface area contributed by atoms with Gasteiger partial charge in [0.15, 0.2) is 0 Å². The van der Waals surface area contributed by atoms with Crippen LogP contribution in [0.15, 0.2) is 36.4 Å². The molecule has 0 saturated carbocycles. The van der Waals surface area contributed by atoms with Crippen molar-refractivity contribution in [1.29, 1.82) is 0 Å². The molecule has 0 bridgehead atoms. The fraction of sp³-hybridized carbons (Fsp3) is 0.581. The highest BCUT2D eigenvalue weighted by Crippen LogP contribution is 2.33. The summed E-state index contributed by atoms with van der Waals surface area (Å²) in [5, 5.41) is 9.87. The fourth-order valence-corrected chi connectivity index (χ4v) is 4.89. The number of carbonyl (C=O) groups is 4. The lowest BCUT2D eigenvalue weighted by Crippen LogP contribution is -2.49. The van der Waals surface area contributed by atoms with Gasteiger partial charge < -0.3 is 20.3 Å². The molecular weight excluding hydrogens is 522 g/mol. The fourth-order valence-electron chi connectivity index (χ4n) is 4.89. The Morgan fingerprint density at radius 3 is 2.37 bits per heavy atom. The first-order valence-electron chi connectivity index (χ1n) is 14.3. The maximum atomic E-state index is 13.4. The number of amides is 3. The Labute approximate surface area is 243 Å². The second-order valence-electron chi connectivity index (χ2n) is 12.7. The number of aromatic nitrogens is 2. The number of hydrogen-bond donors (Lipinski definition) is 2. The molecule has 2 N–H and O–H groups in total. The zero-order valence-corrected chi connectivity index (χ0v) is 25.6. The van der Waals surface area contributed by atoms with E-state index in [1.165, 1.54) is 0 Å². The highest BCUT2D eigenvalue weighted by atomic mass is 16.6. The zero-order valence-electron chi connectivity index (χ0n) is 25.6. The van der Waals surface area contributed by atoms with E-state index < -0.39 is 35.3 Å². The minimum atomic E-state index is -1.02. The summed E-state index contributed by atoms with van der Waals surface area (Å²) in [5.41, 5.74) is 1.43. The third kappa shape index (κ3) is 7.95. The van der Waals surface area contributed by atoms with Crippen LogP contribution in [0.4, 0.5) is 4.79 Å². The summed E-state index contributed by atoms with van der Waals surface area (Å²) >= 11 is 0. The number of benzene rings is 1. The van der Waals surface area contributed by atoms with E-state index in [4.69, 9.17) is 4.74 Å². The molecule has 41 heavy (non-hydrogen) atoms. The second-order valence-corrected chi connectivity index (χ2v) is 12.7. The number of nitrogens with zero attached hydrogens (tertiary/aromatic N) is 3. The molecule has 3 atom stereocenters. The average molecular weight is 568 g/mol. The summed E-state index contributed by atoms with van der Waals surface area (Å²) in [6, 6.07) is 9.77. The molecule has 10 heteroatoms. The highest BCUT2D eigenvalue weighted by Gasteiger charge is 2.45. The number of nitrogens with one attached hydrogen (secondary N) is 2. The Kier molecular flexibility index (Phi) is 9.99. The maximum Gasteiger partial charge on any atom is 0.408 e. The van der Waals surface area contributed by atoms with Crippen LogP contribution in [0.2, 0.25) is 0 Å². The summed E-state index contributed by atoms with van der Waals surface area (Å²) in [4.78, 5) is 54.0. The maximum absolute atomic E-state index is 13.4. The number of hydrogen-bond acceptors (Lipinski definition) is 6. The van der Waals surface area contributed by atoms with E-state index in [1.54, 1.807) is 23.6 Å². The highest BCUT2D eigenvalue weighted by molar-refractivity contribution is 6.38. The quantitative estimate of drug-likeness (QED) is 0.413. The molecule has 1 saturated heterocycles. The van der Waals surface area contributed by atoms with Gasteiger partial charge in [0, 0.05) is 24.4 Å². The minimum absolute atomic E-state index is 0.185. The molecule has 1 aromatic heterocycles. The van der Waals surface area contributed by atoms with Gasteiger partial charge in [0.25, 0.3) is 11.8 Å². The van der Waals surface area contributed by atoms with Crippen LogP contribution in [0, 0.1) is 5.41 Å². The smallest absolute Gasteiger partial charge is 0.408 e. The molecular formula is C31H45N5O5. The molecule has 1 aromatic carbocycles. The number of likely N-dealkylation sites (tertiary alicyclic amines) is 1. The number of aryl methyl sites for hydroxylation is 1. The van der Waals surface area contributed by atoms with Gasteiger partial charge in [-0.15, -0.1) is 0 Å². The van der Waals surface area contributed by atoms with Crippen LogP contribution in [0.1, 0.15) is 95.5 Å². The summed E-state index contributed by atoms with van der Waals surface area (Å²) < 4.78 is 7.36. The average Bonchev–Trinajstić information content (AvgIpc) is 3.45.